The van der Waals surface area contributed by atoms with Crippen molar-refractivity contribution in [2.45, 2.75) is 26.7 Å². The Hall–Kier alpha value is -0.550. The second kappa shape index (κ2) is 4.29. The van der Waals surface area contributed by atoms with Gasteiger partial charge < -0.3 is 5.32 Å². The highest BCUT2D eigenvalue weighted by Crippen LogP contribution is 2.20. The number of nitrogens with zero attached hydrogens (tertiary/aromatic N) is 1. The maximum atomic E-state index is 8.76. The monoisotopic (exact) mass is 140 g/mol. The van der Waals surface area contributed by atoms with E-state index < -0.39 is 0 Å². The standard InChI is InChI=1S/C8H16N2/c1-4-5-8(2,6-9)7-10-3/h10H,4-5,7H2,1-3H3. The van der Waals surface area contributed by atoms with Crippen LogP contribution in [0.25, 0.3) is 0 Å². The van der Waals surface area contributed by atoms with Crippen molar-refractivity contribution in [3.8, 4) is 6.07 Å². The largest absolute Gasteiger partial charge is 0.318 e. The van der Waals surface area contributed by atoms with Crippen LogP contribution >= 0.6 is 0 Å². The molecule has 0 heterocycles. The average Bonchev–Trinajstić information content (AvgIpc) is 1.89. The maximum absolute atomic E-state index is 8.76. The van der Waals surface area contributed by atoms with Crippen LogP contribution in [0.2, 0.25) is 0 Å². The normalized spacial score (nSPS) is 15.8. The van der Waals surface area contributed by atoms with Crippen LogP contribution in [-0.4, -0.2) is 13.6 Å². The van der Waals surface area contributed by atoms with Gasteiger partial charge in [-0.15, -0.1) is 0 Å². The zero-order chi connectivity index (χ0) is 8.04. The molecule has 0 amide bonds. The molecule has 0 aliphatic heterocycles. The molecule has 0 spiro atoms. The lowest BCUT2D eigenvalue weighted by molar-refractivity contribution is 0.384. The van der Waals surface area contributed by atoms with E-state index in [1.807, 2.05) is 14.0 Å². The lowest BCUT2D eigenvalue weighted by atomic mass is 9.87. The number of nitrogens with one attached hydrogen (secondary N) is 1. The van der Waals surface area contributed by atoms with Gasteiger partial charge in [0, 0.05) is 6.54 Å². The summed E-state index contributed by atoms with van der Waals surface area (Å²) in [6.07, 6.45) is 2.05. The number of hydrogen-bond donors (Lipinski definition) is 1. The van der Waals surface area contributed by atoms with Crippen LogP contribution in [0.1, 0.15) is 26.7 Å². The summed E-state index contributed by atoms with van der Waals surface area (Å²) in [5, 5.41) is 11.8. The number of rotatable bonds is 4. The number of hydrogen-bond acceptors (Lipinski definition) is 2. The smallest absolute Gasteiger partial charge is 0.0700 e. The second-order valence-corrected chi connectivity index (χ2v) is 2.95. The predicted molar refractivity (Wildman–Crippen MR) is 42.6 cm³/mol. The zero-order valence-electron chi connectivity index (χ0n) is 7.07. The van der Waals surface area contributed by atoms with Gasteiger partial charge in [-0.1, -0.05) is 13.3 Å². The molecular weight excluding hydrogens is 124 g/mol. The van der Waals surface area contributed by atoms with Gasteiger partial charge in [-0.25, -0.2) is 0 Å². The topological polar surface area (TPSA) is 35.8 Å². The van der Waals surface area contributed by atoms with Gasteiger partial charge in [0.05, 0.1) is 11.5 Å². The summed E-state index contributed by atoms with van der Waals surface area (Å²) in [5.41, 5.74) is -0.163. The van der Waals surface area contributed by atoms with Gasteiger partial charge in [-0.2, -0.15) is 5.26 Å². The van der Waals surface area contributed by atoms with Crippen molar-refractivity contribution in [1.82, 2.24) is 5.32 Å². The van der Waals surface area contributed by atoms with Crippen LogP contribution in [0.5, 0.6) is 0 Å². The molecule has 0 aromatic carbocycles. The Bertz CT molecular complexity index is 118. The molecular formula is C8H16N2. The third-order valence-corrected chi connectivity index (χ3v) is 1.64. The van der Waals surface area contributed by atoms with Crippen LogP contribution in [0.4, 0.5) is 0 Å². The van der Waals surface area contributed by atoms with Crippen LogP contribution in [-0.2, 0) is 0 Å². The molecule has 0 aliphatic carbocycles. The van der Waals surface area contributed by atoms with Gasteiger partial charge in [0.1, 0.15) is 0 Å². The van der Waals surface area contributed by atoms with Gasteiger partial charge in [-0.3, -0.25) is 0 Å². The summed E-state index contributed by atoms with van der Waals surface area (Å²) < 4.78 is 0. The quantitative estimate of drug-likeness (QED) is 0.643. The maximum Gasteiger partial charge on any atom is 0.0700 e. The Morgan fingerprint density at radius 2 is 2.20 bits per heavy atom. The van der Waals surface area contributed by atoms with Crippen molar-refractivity contribution in [1.29, 1.82) is 5.26 Å². The fourth-order valence-corrected chi connectivity index (χ4v) is 1.13. The lowest BCUT2D eigenvalue weighted by Crippen LogP contribution is -2.27. The van der Waals surface area contributed by atoms with E-state index in [-0.39, 0.29) is 5.41 Å². The first-order chi connectivity index (χ1) is 4.68. The molecule has 2 nitrogen and oxygen atoms in total. The zero-order valence-corrected chi connectivity index (χ0v) is 7.07. The molecule has 0 rings (SSSR count). The minimum absolute atomic E-state index is 0.163. The molecule has 0 saturated carbocycles. The molecule has 0 saturated heterocycles. The summed E-state index contributed by atoms with van der Waals surface area (Å²) in [6.45, 7) is 4.88. The van der Waals surface area contributed by atoms with Gasteiger partial charge in [-0.05, 0) is 20.4 Å². The molecule has 0 aliphatic rings. The third kappa shape index (κ3) is 2.84. The van der Waals surface area contributed by atoms with E-state index in [0.717, 1.165) is 19.4 Å². The van der Waals surface area contributed by atoms with E-state index in [2.05, 4.69) is 18.3 Å². The first-order valence-corrected chi connectivity index (χ1v) is 3.74. The Kier molecular flexibility index (Phi) is 4.06. The molecule has 0 aromatic rings. The molecule has 0 radical (unpaired) electrons. The Morgan fingerprint density at radius 1 is 1.60 bits per heavy atom. The first-order valence-electron chi connectivity index (χ1n) is 3.74. The van der Waals surface area contributed by atoms with Gasteiger partial charge in [0.25, 0.3) is 0 Å². The molecule has 1 atom stereocenters. The third-order valence-electron chi connectivity index (χ3n) is 1.64. The van der Waals surface area contributed by atoms with Crippen LogP contribution in [0, 0.1) is 16.7 Å². The van der Waals surface area contributed by atoms with Crippen molar-refractivity contribution in [3.05, 3.63) is 0 Å². The highest BCUT2D eigenvalue weighted by molar-refractivity contribution is 4.96. The molecule has 1 N–H and O–H groups in total. The minimum Gasteiger partial charge on any atom is -0.318 e. The van der Waals surface area contributed by atoms with Crippen LogP contribution < -0.4 is 5.32 Å². The van der Waals surface area contributed by atoms with Crippen molar-refractivity contribution in [2.24, 2.45) is 5.41 Å². The molecule has 2 heteroatoms. The van der Waals surface area contributed by atoms with E-state index >= 15 is 0 Å². The Labute approximate surface area is 63.2 Å². The fourth-order valence-electron chi connectivity index (χ4n) is 1.13. The number of nitriles is 1. The van der Waals surface area contributed by atoms with E-state index in [4.69, 9.17) is 5.26 Å². The van der Waals surface area contributed by atoms with Gasteiger partial charge in [0.15, 0.2) is 0 Å². The Morgan fingerprint density at radius 3 is 2.50 bits per heavy atom. The van der Waals surface area contributed by atoms with Gasteiger partial charge >= 0.3 is 0 Å². The van der Waals surface area contributed by atoms with E-state index in [1.54, 1.807) is 0 Å². The van der Waals surface area contributed by atoms with E-state index in [0.29, 0.717) is 0 Å². The molecule has 0 aromatic heterocycles. The molecule has 58 valence electrons. The summed E-state index contributed by atoms with van der Waals surface area (Å²) in [7, 11) is 1.88. The molecule has 1 unspecified atom stereocenters. The van der Waals surface area contributed by atoms with Crippen molar-refractivity contribution in [2.75, 3.05) is 13.6 Å². The van der Waals surface area contributed by atoms with Crippen LogP contribution in [0.3, 0.4) is 0 Å². The second-order valence-electron chi connectivity index (χ2n) is 2.95. The van der Waals surface area contributed by atoms with Crippen molar-refractivity contribution >= 4 is 0 Å². The van der Waals surface area contributed by atoms with Crippen molar-refractivity contribution in [3.63, 3.8) is 0 Å². The molecule has 10 heavy (non-hydrogen) atoms. The minimum atomic E-state index is -0.163. The predicted octanol–water partition coefficient (Wildman–Crippen LogP) is 1.54. The first kappa shape index (κ1) is 9.45. The highest BCUT2D eigenvalue weighted by atomic mass is 14.8. The summed E-state index contributed by atoms with van der Waals surface area (Å²) >= 11 is 0. The van der Waals surface area contributed by atoms with Gasteiger partial charge in [0.2, 0.25) is 0 Å². The fraction of sp³-hybridized carbons (Fsp3) is 0.875. The lowest BCUT2D eigenvalue weighted by Gasteiger charge is -2.19. The summed E-state index contributed by atoms with van der Waals surface area (Å²) in [4.78, 5) is 0. The average molecular weight is 140 g/mol. The van der Waals surface area contributed by atoms with Crippen LogP contribution in [0.15, 0.2) is 0 Å². The summed E-state index contributed by atoms with van der Waals surface area (Å²) in [6, 6.07) is 2.32. The summed E-state index contributed by atoms with van der Waals surface area (Å²) in [5.74, 6) is 0. The van der Waals surface area contributed by atoms with E-state index in [9.17, 15) is 0 Å². The molecule has 0 fully saturated rings. The Balaban J connectivity index is 3.85. The van der Waals surface area contributed by atoms with Crippen molar-refractivity contribution < 1.29 is 0 Å². The highest BCUT2D eigenvalue weighted by Gasteiger charge is 2.20. The molecule has 0 bridgehead atoms. The SMILES string of the molecule is CCCC(C)(C#N)CNC. The van der Waals surface area contributed by atoms with E-state index in [1.165, 1.54) is 0 Å².